The minimum Gasteiger partial charge on any atom is -0.493 e. The van der Waals surface area contributed by atoms with E-state index in [0.29, 0.717) is 27.9 Å². The largest absolute Gasteiger partial charge is 0.493 e. The topological polar surface area (TPSA) is 113 Å². The minimum atomic E-state index is -0.330. The Labute approximate surface area is 182 Å². The molecule has 0 unspecified atom stereocenters. The van der Waals surface area contributed by atoms with Crippen molar-refractivity contribution in [3.05, 3.63) is 71.2 Å². The molecule has 0 atom stereocenters. The summed E-state index contributed by atoms with van der Waals surface area (Å²) in [5.74, 6) is 0.307. The Hall–Kier alpha value is -4.16. The van der Waals surface area contributed by atoms with Crippen LogP contribution in [0, 0.1) is 11.3 Å². The van der Waals surface area contributed by atoms with Crippen molar-refractivity contribution >= 4 is 40.0 Å². The van der Waals surface area contributed by atoms with Crippen molar-refractivity contribution in [3.63, 3.8) is 0 Å². The zero-order valence-corrected chi connectivity index (χ0v) is 17.3. The molecule has 2 amide bonds. The summed E-state index contributed by atoms with van der Waals surface area (Å²) < 4.78 is 10.5. The maximum absolute atomic E-state index is 12.2. The van der Waals surface area contributed by atoms with Crippen molar-refractivity contribution in [1.29, 1.82) is 5.26 Å². The number of aromatic nitrogens is 1. The van der Waals surface area contributed by atoms with Crippen molar-refractivity contribution in [2.24, 2.45) is 0 Å². The summed E-state index contributed by atoms with van der Waals surface area (Å²) in [6, 6.07) is 13.5. The SMILES string of the molecule is COc1cc(/C=C/C(=O)Nc2ccc(C(=O)Nc3nccs3)cc2)ccc1OCC#N. The number of benzene rings is 2. The third-order valence-electron chi connectivity index (χ3n) is 3.97. The van der Waals surface area contributed by atoms with Crippen LogP contribution in [0.2, 0.25) is 0 Å². The highest BCUT2D eigenvalue weighted by Gasteiger charge is 2.08. The van der Waals surface area contributed by atoms with Gasteiger partial charge in [-0.25, -0.2) is 4.98 Å². The van der Waals surface area contributed by atoms with E-state index >= 15 is 0 Å². The lowest BCUT2D eigenvalue weighted by atomic mass is 10.1. The number of carbonyl (C=O) groups is 2. The number of amides is 2. The second kappa shape index (κ2) is 10.6. The zero-order valence-electron chi connectivity index (χ0n) is 16.5. The van der Waals surface area contributed by atoms with Crippen LogP contribution in [0.25, 0.3) is 6.08 Å². The van der Waals surface area contributed by atoms with Crippen molar-refractivity contribution in [3.8, 4) is 17.6 Å². The first-order valence-corrected chi connectivity index (χ1v) is 9.95. The molecule has 1 heterocycles. The van der Waals surface area contributed by atoms with E-state index in [1.54, 1.807) is 60.1 Å². The molecule has 8 nitrogen and oxygen atoms in total. The molecule has 0 saturated heterocycles. The fraction of sp³-hybridized carbons (Fsp3) is 0.0909. The summed E-state index contributed by atoms with van der Waals surface area (Å²) in [5.41, 5.74) is 1.73. The maximum Gasteiger partial charge on any atom is 0.257 e. The van der Waals surface area contributed by atoms with Gasteiger partial charge in [0.15, 0.2) is 23.2 Å². The number of methoxy groups -OCH3 is 1. The first-order chi connectivity index (χ1) is 15.1. The lowest BCUT2D eigenvalue weighted by Crippen LogP contribution is -2.12. The second-order valence-electron chi connectivity index (χ2n) is 6.05. The number of nitrogens with one attached hydrogen (secondary N) is 2. The molecule has 0 aliphatic heterocycles. The van der Waals surface area contributed by atoms with Crippen LogP contribution in [0.1, 0.15) is 15.9 Å². The molecule has 0 fully saturated rings. The number of anilines is 2. The van der Waals surface area contributed by atoms with Gasteiger partial charge in [-0.1, -0.05) is 6.07 Å². The smallest absolute Gasteiger partial charge is 0.257 e. The van der Waals surface area contributed by atoms with E-state index in [-0.39, 0.29) is 18.4 Å². The number of ether oxygens (including phenoxy) is 2. The Morgan fingerprint density at radius 1 is 1.16 bits per heavy atom. The van der Waals surface area contributed by atoms with Crippen LogP contribution in [0.4, 0.5) is 10.8 Å². The number of hydrogen-bond acceptors (Lipinski definition) is 7. The Kier molecular flexibility index (Phi) is 7.35. The third-order valence-corrected chi connectivity index (χ3v) is 4.66. The van der Waals surface area contributed by atoms with Crippen LogP contribution < -0.4 is 20.1 Å². The first kappa shape index (κ1) is 21.5. The molecule has 0 bridgehead atoms. The standard InChI is InChI=1S/C22H18N4O4S/c1-29-19-14-15(2-8-18(19)30-12-10-23)3-9-20(27)25-17-6-4-16(5-7-17)21(28)26-22-24-11-13-31-22/h2-9,11,13-14H,12H2,1H3,(H,25,27)(H,24,26,28)/b9-3+. The number of nitriles is 1. The van der Waals surface area contributed by atoms with Crippen molar-refractivity contribution in [1.82, 2.24) is 4.98 Å². The molecule has 2 aromatic carbocycles. The molecule has 156 valence electrons. The van der Waals surface area contributed by atoms with Crippen LogP contribution in [0.15, 0.2) is 60.1 Å². The monoisotopic (exact) mass is 434 g/mol. The van der Waals surface area contributed by atoms with Gasteiger partial charge < -0.3 is 14.8 Å². The lowest BCUT2D eigenvalue weighted by molar-refractivity contribution is -0.111. The van der Waals surface area contributed by atoms with Crippen molar-refractivity contribution < 1.29 is 19.1 Å². The van der Waals surface area contributed by atoms with Crippen LogP contribution in [0.3, 0.4) is 0 Å². The van der Waals surface area contributed by atoms with E-state index in [4.69, 9.17) is 14.7 Å². The molecular formula is C22H18N4O4S. The summed E-state index contributed by atoms with van der Waals surface area (Å²) >= 11 is 1.33. The second-order valence-corrected chi connectivity index (χ2v) is 6.94. The van der Waals surface area contributed by atoms with Gasteiger partial charge in [0.05, 0.1) is 7.11 Å². The predicted molar refractivity (Wildman–Crippen MR) is 118 cm³/mol. The highest BCUT2D eigenvalue weighted by atomic mass is 32.1. The van der Waals surface area contributed by atoms with Gasteiger partial charge in [0.1, 0.15) is 6.07 Å². The van der Waals surface area contributed by atoms with Gasteiger partial charge in [-0.15, -0.1) is 11.3 Å². The van der Waals surface area contributed by atoms with E-state index in [1.165, 1.54) is 24.5 Å². The molecule has 31 heavy (non-hydrogen) atoms. The van der Waals surface area contributed by atoms with Gasteiger partial charge in [0.25, 0.3) is 5.91 Å². The van der Waals surface area contributed by atoms with Crippen LogP contribution >= 0.6 is 11.3 Å². The summed E-state index contributed by atoms with van der Waals surface area (Å²) in [4.78, 5) is 28.4. The average molecular weight is 434 g/mol. The summed E-state index contributed by atoms with van der Waals surface area (Å²) in [6.45, 7) is -0.0840. The maximum atomic E-state index is 12.2. The van der Waals surface area contributed by atoms with Crippen LogP contribution in [-0.4, -0.2) is 30.5 Å². The van der Waals surface area contributed by atoms with Gasteiger partial charge in [-0.3, -0.25) is 14.9 Å². The molecular weight excluding hydrogens is 416 g/mol. The molecule has 1 aromatic heterocycles. The quantitative estimate of drug-likeness (QED) is 0.519. The van der Waals surface area contributed by atoms with E-state index in [2.05, 4.69) is 15.6 Å². The summed E-state index contributed by atoms with van der Waals surface area (Å²) in [7, 11) is 1.50. The van der Waals surface area contributed by atoms with E-state index < -0.39 is 0 Å². The Bertz CT molecular complexity index is 1120. The van der Waals surface area contributed by atoms with Crippen LogP contribution in [0.5, 0.6) is 11.5 Å². The lowest BCUT2D eigenvalue weighted by Gasteiger charge is -2.08. The van der Waals surface area contributed by atoms with Gasteiger partial charge in [0.2, 0.25) is 5.91 Å². The number of hydrogen-bond donors (Lipinski definition) is 2. The Morgan fingerprint density at radius 3 is 2.65 bits per heavy atom. The molecule has 0 radical (unpaired) electrons. The molecule has 3 rings (SSSR count). The van der Waals surface area contributed by atoms with Crippen LogP contribution in [-0.2, 0) is 4.79 Å². The molecule has 0 spiro atoms. The third kappa shape index (κ3) is 6.16. The average Bonchev–Trinajstić information content (AvgIpc) is 3.30. The van der Waals surface area contributed by atoms with Crippen molar-refractivity contribution in [2.45, 2.75) is 0 Å². The summed E-state index contributed by atoms with van der Waals surface area (Å²) in [5, 5.41) is 16.3. The molecule has 2 N–H and O–H groups in total. The zero-order chi connectivity index (χ0) is 22.1. The van der Waals surface area contributed by atoms with Gasteiger partial charge in [-0.05, 0) is 48.0 Å². The fourth-order valence-electron chi connectivity index (χ4n) is 2.53. The predicted octanol–water partition coefficient (Wildman–Crippen LogP) is 3.96. The van der Waals surface area contributed by atoms with Gasteiger partial charge in [-0.2, -0.15) is 5.26 Å². The number of rotatable bonds is 8. The minimum absolute atomic E-state index is 0.0840. The van der Waals surface area contributed by atoms with E-state index in [1.807, 2.05) is 6.07 Å². The number of thiazole rings is 1. The Morgan fingerprint density at radius 2 is 1.97 bits per heavy atom. The summed E-state index contributed by atoms with van der Waals surface area (Å²) in [6.07, 6.45) is 4.62. The molecule has 3 aromatic rings. The molecule has 9 heteroatoms. The van der Waals surface area contributed by atoms with Crippen molar-refractivity contribution in [2.75, 3.05) is 24.4 Å². The van der Waals surface area contributed by atoms with Gasteiger partial charge in [0, 0.05) is 28.9 Å². The molecule has 0 aliphatic rings. The van der Waals surface area contributed by atoms with Gasteiger partial charge >= 0.3 is 0 Å². The highest BCUT2D eigenvalue weighted by Crippen LogP contribution is 2.28. The normalized spacial score (nSPS) is 10.3. The number of carbonyl (C=O) groups excluding carboxylic acids is 2. The van der Waals surface area contributed by atoms with E-state index in [0.717, 1.165) is 5.56 Å². The molecule has 0 aliphatic carbocycles. The van der Waals surface area contributed by atoms with E-state index in [9.17, 15) is 9.59 Å². The molecule has 0 saturated carbocycles. The Balaban J connectivity index is 1.58. The highest BCUT2D eigenvalue weighted by molar-refractivity contribution is 7.13. The first-order valence-electron chi connectivity index (χ1n) is 9.07. The fourth-order valence-corrected chi connectivity index (χ4v) is 3.06. The number of nitrogens with zero attached hydrogens (tertiary/aromatic N) is 2.